The van der Waals surface area contributed by atoms with E-state index in [1.54, 1.807) is 12.1 Å². The van der Waals surface area contributed by atoms with Gasteiger partial charge >= 0.3 is 5.97 Å². The lowest BCUT2D eigenvalue weighted by molar-refractivity contribution is -0.141. The van der Waals surface area contributed by atoms with Crippen molar-refractivity contribution in [2.75, 3.05) is 6.61 Å². The third kappa shape index (κ3) is 12.8. The van der Waals surface area contributed by atoms with Gasteiger partial charge in [-0.05, 0) is 6.42 Å². The van der Waals surface area contributed by atoms with Crippen molar-refractivity contribution in [2.45, 2.75) is 52.4 Å². The minimum absolute atomic E-state index is 0.163. The van der Waals surface area contributed by atoms with Crippen molar-refractivity contribution in [1.29, 1.82) is 0 Å². The first-order valence-electron chi connectivity index (χ1n) is 7.34. The Morgan fingerprint density at radius 2 is 1.65 bits per heavy atom. The zero-order valence-electron chi connectivity index (χ0n) is 12.6. The Kier molecular flexibility index (Phi) is 12.7. The third-order valence-corrected chi connectivity index (χ3v) is 2.74. The first kappa shape index (κ1) is 18.4. The van der Waals surface area contributed by atoms with Crippen molar-refractivity contribution in [2.24, 2.45) is 0 Å². The molecular weight excluding hydrogens is 252 g/mol. The van der Waals surface area contributed by atoms with Gasteiger partial charge in [-0.1, -0.05) is 69.4 Å². The molecule has 0 amide bonds. The molecule has 0 spiro atoms. The SMILES string of the molecule is CCCCCCCCOC(C)=O.O=Cc1ccccc1. The largest absolute Gasteiger partial charge is 0.466 e. The molecule has 0 N–H and O–H groups in total. The molecule has 1 aromatic carbocycles. The van der Waals surface area contributed by atoms with Crippen LogP contribution in [-0.2, 0) is 9.53 Å². The number of unbranched alkanes of at least 4 members (excludes halogenated alkanes) is 5. The number of hydrogen-bond donors (Lipinski definition) is 0. The fraction of sp³-hybridized carbons (Fsp3) is 0.529. The molecule has 0 saturated heterocycles. The number of aldehydes is 1. The normalized spacial score (nSPS) is 9.30. The molecule has 3 heteroatoms. The van der Waals surface area contributed by atoms with Crippen molar-refractivity contribution in [3.8, 4) is 0 Å². The van der Waals surface area contributed by atoms with Crippen LogP contribution < -0.4 is 0 Å². The predicted octanol–water partition coefficient (Wildman–Crippen LogP) is 4.41. The van der Waals surface area contributed by atoms with Gasteiger partial charge in [0.25, 0.3) is 0 Å². The lowest BCUT2D eigenvalue weighted by Gasteiger charge is -2.01. The van der Waals surface area contributed by atoms with E-state index in [4.69, 9.17) is 4.74 Å². The lowest BCUT2D eigenvalue weighted by atomic mass is 10.1. The summed E-state index contributed by atoms with van der Waals surface area (Å²) in [6.07, 6.45) is 8.24. The molecule has 0 aliphatic rings. The molecule has 112 valence electrons. The smallest absolute Gasteiger partial charge is 0.302 e. The van der Waals surface area contributed by atoms with Gasteiger partial charge < -0.3 is 4.74 Å². The van der Waals surface area contributed by atoms with Gasteiger partial charge in [-0.15, -0.1) is 0 Å². The van der Waals surface area contributed by atoms with Gasteiger partial charge in [-0.3, -0.25) is 9.59 Å². The van der Waals surface area contributed by atoms with E-state index in [-0.39, 0.29) is 5.97 Å². The van der Waals surface area contributed by atoms with Crippen LogP contribution in [0.4, 0.5) is 0 Å². The van der Waals surface area contributed by atoms with Gasteiger partial charge in [0.2, 0.25) is 0 Å². The summed E-state index contributed by atoms with van der Waals surface area (Å²) in [4.78, 5) is 20.4. The Labute approximate surface area is 122 Å². The van der Waals surface area contributed by atoms with E-state index in [1.165, 1.54) is 39.0 Å². The second-order valence-corrected chi connectivity index (χ2v) is 4.64. The third-order valence-electron chi connectivity index (χ3n) is 2.74. The van der Waals surface area contributed by atoms with Crippen molar-refractivity contribution in [1.82, 2.24) is 0 Å². The summed E-state index contributed by atoms with van der Waals surface area (Å²) in [5.74, 6) is -0.163. The van der Waals surface area contributed by atoms with Crippen molar-refractivity contribution in [3.05, 3.63) is 35.9 Å². The van der Waals surface area contributed by atoms with Gasteiger partial charge in [0, 0.05) is 12.5 Å². The molecule has 1 rings (SSSR count). The molecule has 0 atom stereocenters. The number of carbonyl (C=O) groups excluding carboxylic acids is 2. The second kappa shape index (κ2) is 13.8. The maximum absolute atomic E-state index is 10.4. The van der Waals surface area contributed by atoms with Crippen molar-refractivity contribution < 1.29 is 14.3 Å². The van der Waals surface area contributed by atoms with Crippen LogP contribution in [0.5, 0.6) is 0 Å². The van der Waals surface area contributed by atoms with E-state index in [0.717, 1.165) is 18.3 Å². The Hall–Kier alpha value is -1.64. The predicted molar refractivity (Wildman–Crippen MR) is 81.8 cm³/mol. The zero-order valence-corrected chi connectivity index (χ0v) is 12.6. The van der Waals surface area contributed by atoms with Crippen LogP contribution in [0, 0.1) is 0 Å². The molecule has 0 unspecified atom stereocenters. The highest BCUT2D eigenvalue weighted by atomic mass is 16.5. The standard InChI is InChI=1S/C10H20O2.C7H6O/c1-3-4-5-6-7-8-9-12-10(2)11;8-6-7-4-2-1-3-5-7/h3-9H2,1-2H3;1-6H. The van der Waals surface area contributed by atoms with Crippen LogP contribution in [0.15, 0.2) is 30.3 Å². The summed E-state index contributed by atoms with van der Waals surface area (Å²) in [5, 5.41) is 0. The molecule has 0 saturated carbocycles. The van der Waals surface area contributed by atoms with Gasteiger partial charge in [0.15, 0.2) is 0 Å². The Morgan fingerprint density at radius 3 is 2.15 bits per heavy atom. The Balaban J connectivity index is 0.000000388. The molecule has 0 bridgehead atoms. The second-order valence-electron chi connectivity index (χ2n) is 4.64. The summed E-state index contributed by atoms with van der Waals surface area (Å²) in [6, 6.07) is 9.10. The van der Waals surface area contributed by atoms with Crippen LogP contribution in [0.2, 0.25) is 0 Å². The number of rotatable bonds is 8. The van der Waals surface area contributed by atoms with Gasteiger partial charge in [-0.25, -0.2) is 0 Å². The maximum atomic E-state index is 10.4. The van der Waals surface area contributed by atoms with E-state index in [2.05, 4.69) is 6.92 Å². The molecule has 0 aliphatic carbocycles. The zero-order chi connectivity index (χ0) is 15.1. The van der Waals surface area contributed by atoms with Crippen LogP contribution in [0.3, 0.4) is 0 Å². The first-order chi connectivity index (χ1) is 9.70. The van der Waals surface area contributed by atoms with Gasteiger partial charge in [0.1, 0.15) is 6.29 Å². The summed E-state index contributed by atoms with van der Waals surface area (Å²) < 4.78 is 4.81. The Morgan fingerprint density at radius 1 is 1.05 bits per heavy atom. The van der Waals surface area contributed by atoms with E-state index < -0.39 is 0 Å². The minimum Gasteiger partial charge on any atom is -0.466 e. The summed E-state index contributed by atoms with van der Waals surface area (Å²) in [6.45, 7) is 4.26. The van der Waals surface area contributed by atoms with E-state index in [1.807, 2.05) is 18.2 Å². The molecule has 3 nitrogen and oxygen atoms in total. The highest BCUT2D eigenvalue weighted by molar-refractivity contribution is 5.74. The minimum atomic E-state index is -0.163. The molecule has 20 heavy (non-hydrogen) atoms. The quantitative estimate of drug-likeness (QED) is 0.402. The maximum Gasteiger partial charge on any atom is 0.302 e. The van der Waals surface area contributed by atoms with Crippen molar-refractivity contribution >= 4 is 12.3 Å². The fourth-order valence-electron chi connectivity index (χ4n) is 1.63. The van der Waals surface area contributed by atoms with Gasteiger partial charge in [-0.2, -0.15) is 0 Å². The average Bonchev–Trinajstić information content (AvgIpc) is 2.47. The summed E-state index contributed by atoms with van der Waals surface area (Å²) in [7, 11) is 0. The van der Waals surface area contributed by atoms with E-state index in [0.29, 0.717) is 6.61 Å². The van der Waals surface area contributed by atoms with E-state index in [9.17, 15) is 9.59 Å². The van der Waals surface area contributed by atoms with E-state index >= 15 is 0 Å². The monoisotopic (exact) mass is 278 g/mol. The number of ether oxygens (including phenoxy) is 1. The first-order valence-corrected chi connectivity index (χ1v) is 7.34. The average molecular weight is 278 g/mol. The summed E-state index contributed by atoms with van der Waals surface area (Å²) in [5.41, 5.74) is 0.729. The number of carbonyl (C=O) groups is 2. The number of benzene rings is 1. The lowest BCUT2D eigenvalue weighted by Crippen LogP contribution is -1.99. The highest BCUT2D eigenvalue weighted by Gasteiger charge is 1.92. The highest BCUT2D eigenvalue weighted by Crippen LogP contribution is 2.04. The molecular formula is C17H26O3. The molecule has 0 radical (unpaired) electrons. The molecule has 1 aromatic rings. The molecule has 0 aromatic heterocycles. The Bertz CT molecular complexity index is 347. The van der Waals surface area contributed by atoms with Crippen molar-refractivity contribution in [3.63, 3.8) is 0 Å². The molecule has 0 heterocycles. The summed E-state index contributed by atoms with van der Waals surface area (Å²) >= 11 is 0. The number of hydrogen-bond acceptors (Lipinski definition) is 3. The van der Waals surface area contributed by atoms with Crippen LogP contribution in [0.1, 0.15) is 62.7 Å². The molecule has 0 fully saturated rings. The van der Waals surface area contributed by atoms with Gasteiger partial charge in [0.05, 0.1) is 6.61 Å². The van der Waals surface area contributed by atoms with Crippen LogP contribution in [0.25, 0.3) is 0 Å². The molecule has 0 aliphatic heterocycles. The van der Waals surface area contributed by atoms with Crippen LogP contribution >= 0.6 is 0 Å². The number of esters is 1. The topological polar surface area (TPSA) is 43.4 Å². The fourth-order valence-corrected chi connectivity index (χ4v) is 1.63. The van der Waals surface area contributed by atoms with Crippen LogP contribution in [-0.4, -0.2) is 18.9 Å².